The van der Waals surface area contributed by atoms with E-state index >= 15 is 0 Å². The second-order valence-corrected chi connectivity index (χ2v) is 5.65. The number of hydrogen-bond donors (Lipinski definition) is 1. The summed E-state index contributed by atoms with van der Waals surface area (Å²) in [5.74, 6) is 0.735. The van der Waals surface area contributed by atoms with Crippen LogP contribution in [0, 0.1) is 11.3 Å². The Kier molecular flexibility index (Phi) is 5.49. The summed E-state index contributed by atoms with van der Waals surface area (Å²) in [6.07, 6.45) is 0. The van der Waals surface area contributed by atoms with Gasteiger partial charge in [-0.05, 0) is 52.7 Å². The number of nitrogens with one attached hydrogen (secondary N) is 1. The van der Waals surface area contributed by atoms with E-state index in [0.29, 0.717) is 23.7 Å². The van der Waals surface area contributed by atoms with Crippen molar-refractivity contribution in [2.45, 2.75) is 13.5 Å². The van der Waals surface area contributed by atoms with Crippen LogP contribution in [0.15, 0.2) is 40.9 Å². The Morgan fingerprint density at radius 2 is 2.14 bits per heavy atom. The van der Waals surface area contributed by atoms with Crippen LogP contribution >= 0.6 is 27.5 Å². The molecule has 2 aromatic rings. The van der Waals surface area contributed by atoms with Gasteiger partial charge in [-0.3, -0.25) is 0 Å². The first-order chi connectivity index (χ1) is 10.1. The van der Waals surface area contributed by atoms with E-state index in [1.165, 1.54) is 0 Å². The van der Waals surface area contributed by atoms with E-state index in [1.807, 2.05) is 31.2 Å². The van der Waals surface area contributed by atoms with Crippen molar-refractivity contribution in [3.05, 3.63) is 57.0 Å². The molecule has 0 aromatic heterocycles. The molecule has 0 saturated carbocycles. The summed E-state index contributed by atoms with van der Waals surface area (Å²) < 4.78 is 6.45. The van der Waals surface area contributed by atoms with Gasteiger partial charge in [0.15, 0.2) is 5.75 Å². The molecule has 0 fully saturated rings. The van der Waals surface area contributed by atoms with Crippen LogP contribution in [-0.4, -0.2) is 6.61 Å². The molecule has 2 rings (SSSR count). The molecule has 0 aliphatic heterocycles. The van der Waals surface area contributed by atoms with Crippen LogP contribution in [0.3, 0.4) is 0 Å². The Labute approximate surface area is 137 Å². The fourth-order valence-corrected chi connectivity index (χ4v) is 2.86. The molecule has 0 unspecified atom stereocenters. The van der Waals surface area contributed by atoms with Gasteiger partial charge in [0, 0.05) is 11.6 Å². The highest BCUT2D eigenvalue weighted by Crippen LogP contribution is 2.36. The molecule has 0 amide bonds. The van der Waals surface area contributed by atoms with E-state index in [4.69, 9.17) is 21.6 Å². The van der Waals surface area contributed by atoms with E-state index in [0.717, 1.165) is 21.5 Å². The minimum Gasteiger partial charge on any atom is -0.491 e. The first kappa shape index (κ1) is 15.7. The molecule has 0 saturated heterocycles. The molecule has 21 heavy (non-hydrogen) atoms. The molecule has 1 N–H and O–H groups in total. The second-order valence-electron chi connectivity index (χ2n) is 4.36. The molecule has 5 heteroatoms. The summed E-state index contributed by atoms with van der Waals surface area (Å²) in [5.41, 5.74) is 2.48. The van der Waals surface area contributed by atoms with Crippen molar-refractivity contribution in [3.63, 3.8) is 0 Å². The monoisotopic (exact) mass is 364 g/mol. The van der Waals surface area contributed by atoms with Gasteiger partial charge in [-0.2, -0.15) is 5.26 Å². The van der Waals surface area contributed by atoms with Crippen molar-refractivity contribution in [3.8, 4) is 11.8 Å². The minimum atomic E-state index is 0.568. The van der Waals surface area contributed by atoms with Gasteiger partial charge in [0.2, 0.25) is 0 Å². The molecular formula is C16H14BrClN2O. The minimum absolute atomic E-state index is 0.568. The smallest absolute Gasteiger partial charge is 0.156 e. The Morgan fingerprint density at radius 1 is 1.33 bits per heavy atom. The van der Waals surface area contributed by atoms with E-state index in [2.05, 4.69) is 27.3 Å². The van der Waals surface area contributed by atoms with Gasteiger partial charge in [-0.15, -0.1) is 0 Å². The Hall–Kier alpha value is -1.70. The van der Waals surface area contributed by atoms with Gasteiger partial charge in [-0.25, -0.2) is 0 Å². The van der Waals surface area contributed by atoms with Crippen LogP contribution in [0.2, 0.25) is 5.02 Å². The van der Waals surface area contributed by atoms with Gasteiger partial charge in [-0.1, -0.05) is 23.7 Å². The highest BCUT2D eigenvalue weighted by atomic mass is 79.9. The number of hydrogen-bond acceptors (Lipinski definition) is 3. The molecule has 0 spiro atoms. The van der Waals surface area contributed by atoms with Crippen LogP contribution < -0.4 is 10.1 Å². The van der Waals surface area contributed by atoms with Gasteiger partial charge < -0.3 is 10.1 Å². The number of benzene rings is 2. The number of halogens is 2. The maximum Gasteiger partial charge on any atom is 0.156 e. The molecule has 0 aliphatic rings. The Morgan fingerprint density at radius 3 is 2.86 bits per heavy atom. The predicted octanol–water partition coefficient (Wildman–Crippen LogP) is 4.98. The van der Waals surface area contributed by atoms with Gasteiger partial charge in [0.05, 0.1) is 28.4 Å². The summed E-state index contributed by atoms with van der Waals surface area (Å²) >= 11 is 9.54. The van der Waals surface area contributed by atoms with E-state index in [-0.39, 0.29) is 0 Å². The van der Waals surface area contributed by atoms with Crippen molar-refractivity contribution in [1.29, 1.82) is 5.26 Å². The van der Waals surface area contributed by atoms with Crippen LogP contribution in [0.1, 0.15) is 18.1 Å². The highest BCUT2D eigenvalue weighted by Gasteiger charge is 2.10. The molecular weight excluding hydrogens is 352 g/mol. The van der Waals surface area contributed by atoms with Crippen LogP contribution in [-0.2, 0) is 6.54 Å². The first-order valence-electron chi connectivity index (χ1n) is 6.48. The third kappa shape index (κ3) is 4.13. The summed E-state index contributed by atoms with van der Waals surface area (Å²) in [5, 5.41) is 12.8. The third-order valence-corrected chi connectivity index (χ3v) is 3.64. The fourth-order valence-electron chi connectivity index (χ4n) is 1.93. The number of nitriles is 1. The molecule has 0 heterocycles. The van der Waals surface area contributed by atoms with Gasteiger partial charge in [0.25, 0.3) is 0 Å². The lowest BCUT2D eigenvalue weighted by Gasteiger charge is -2.14. The van der Waals surface area contributed by atoms with Crippen molar-refractivity contribution in [2.75, 3.05) is 11.9 Å². The molecule has 2 aromatic carbocycles. The zero-order valence-electron chi connectivity index (χ0n) is 11.5. The lowest BCUT2D eigenvalue weighted by atomic mass is 10.1. The number of ether oxygens (including phenoxy) is 1. The maximum absolute atomic E-state index is 8.92. The Bertz CT molecular complexity index is 682. The van der Waals surface area contributed by atoms with E-state index < -0.39 is 0 Å². The maximum atomic E-state index is 8.92. The molecule has 108 valence electrons. The average Bonchev–Trinajstić information content (AvgIpc) is 2.48. The SMILES string of the molecule is CCOc1c(Br)cc(Cl)cc1NCc1cccc(C#N)c1. The highest BCUT2D eigenvalue weighted by molar-refractivity contribution is 9.10. The quantitative estimate of drug-likeness (QED) is 0.812. The molecule has 0 bridgehead atoms. The summed E-state index contributed by atoms with van der Waals surface area (Å²) in [6, 6.07) is 13.2. The Balaban J connectivity index is 2.21. The first-order valence-corrected chi connectivity index (χ1v) is 7.66. The van der Waals surface area contributed by atoms with Crippen LogP contribution in [0.4, 0.5) is 5.69 Å². The lowest BCUT2D eigenvalue weighted by Crippen LogP contribution is -2.03. The third-order valence-electron chi connectivity index (χ3n) is 2.84. The lowest BCUT2D eigenvalue weighted by molar-refractivity contribution is 0.339. The summed E-state index contributed by atoms with van der Waals surface area (Å²) in [6.45, 7) is 3.09. The molecule has 0 atom stereocenters. The van der Waals surface area contributed by atoms with Crippen molar-refractivity contribution < 1.29 is 4.74 Å². The van der Waals surface area contributed by atoms with Crippen molar-refractivity contribution >= 4 is 33.2 Å². The normalized spacial score (nSPS) is 10.0. The fraction of sp³-hybridized carbons (Fsp3) is 0.188. The van der Waals surface area contributed by atoms with E-state index in [9.17, 15) is 0 Å². The predicted molar refractivity (Wildman–Crippen MR) is 88.8 cm³/mol. The molecule has 0 aliphatic carbocycles. The largest absolute Gasteiger partial charge is 0.491 e. The standard InChI is InChI=1S/C16H14BrClN2O/c1-2-21-16-14(17)7-13(18)8-15(16)20-10-12-5-3-4-11(6-12)9-19/h3-8,20H,2,10H2,1H3. The van der Waals surface area contributed by atoms with Gasteiger partial charge >= 0.3 is 0 Å². The number of nitrogens with zero attached hydrogens (tertiary/aromatic N) is 1. The van der Waals surface area contributed by atoms with Crippen molar-refractivity contribution in [1.82, 2.24) is 0 Å². The topological polar surface area (TPSA) is 45.0 Å². The summed E-state index contributed by atoms with van der Waals surface area (Å²) in [4.78, 5) is 0. The van der Waals surface area contributed by atoms with Crippen LogP contribution in [0.5, 0.6) is 5.75 Å². The molecule has 3 nitrogen and oxygen atoms in total. The zero-order chi connectivity index (χ0) is 15.2. The van der Waals surface area contributed by atoms with Gasteiger partial charge in [0.1, 0.15) is 0 Å². The number of anilines is 1. The summed E-state index contributed by atoms with van der Waals surface area (Å²) in [7, 11) is 0. The zero-order valence-corrected chi connectivity index (χ0v) is 13.8. The van der Waals surface area contributed by atoms with Crippen molar-refractivity contribution in [2.24, 2.45) is 0 Å². The second kappa shape index (κ2) is 7.35. The van der Waals surface area contributed by atoms with E-state index in [1.54, 1.807) is 12.1 Å². The average molecular weight is 366 g/mol. The number of rotatable bonds is 5. The van der Waals surface area contributed by atoms with Crippen LogP contribution in [0.25, 0.3) is 0 Å². The molecule has 0 radical (unpaired) electrons.